The Kier molecular flexibility index (Phi) is 4.10. The van der Waals surface area contributed by atoms with Gasteiger partial charge in [-0.2, -0.15) is 0 Å². The Labute approximate surface area is 159 Å². The SMILES string of the molecule is CN(c1ccc2oc3ccccc3c2c1)C1CCCNC1c1ccccc1. The van der Waals surface area contributed by atoms with Crippen molar-refractivity contribution in [3.63, 3.8) is 0 Å². The minimum Gasteiger partial charge on any atom is -0.456 e. The van der Waals surface area contributed by atoms with E-state index in [1.54, 1.807) is 0 Å². The molecule has 2 unspecified atom stereocenters. The number of para-hydroxylation sites is 1. The van der Waals surface area contributed by atoms with E-state index in [1.807, 2.05) is 12.1 Å². The van der Waals surface area contributed by atoms with Gasteiger partial charge in [0.05, 0.1) is 6.04 Å². The summed E-state index contributed by atoms with van der Waals surface area (Å²) in [7, 11) is 2.22. The van der Waals surface area contributed by atoms with Crippen molar-refractivity contribution in [1.29, 1.82) is 0 Å². The van der Waals surface area contributed by atoms with Gasteiger partial charge in [0, 0.05) is 29.5 Å². The summed E-state index contributed by atoms with van der Waals surface area (Å²) < 4.78 is 5.99. The highest BCUT2D eigenvalue weighted by Gasteiger charge is 2.29. The average Bonchev–Trinajstić information content (AvgIpc) is 3.12. The molecule has 0 radical (unpaired) electrons. The van der Waals surface area contributed by atoms with Crippen LogP contribution in [0.5, 0.6) is 0 Å². The molecule has 136 valence electrons. The summed E-state index contributed by atoms with van der Waals surface area (Å²) in [5.74, 6) is 0. The van der Waals surface area contributed by atoms with Crippen molar-refractivity contribution in [1.82, 2.24) is 5.32 Å². The first-order valence-corrected chi connectivity index (χ1v) is 9.74. The Hall–Kier alpha value is -2.78. The van der Waals surface area contributed by atoms with Gasteiger partial charge in [0.15, 0.2) is 0 Å². The third kappa shape index (κ3) is 2.88. The summed E-state index contributed by atoms with van der Waals surface area (Å²) >= 11 is 0. The lowest BCUT2D eigenvalue weighted by Crippen LogP contribution is -2.47. The summed E-state index contributed by atoms with van der Waals surface area (Å²) in [5.41, 5.74) is 4.51. The first kappa shape index (κ1) is 16.4. The van der Waals surface area contributed by atoms with Crippen LogP contribution in [-0.4, -0.2) is 19.6 Å². The van der Waals surface area contributed by atoms with Crippen LogP contribution in [0.2, 0.25) is 0 Å². The zero-order valence-electron chi connectivity index (χ0n) is 15.6. The molecule has 0 aliphatic carbocycles. The maximum atomic E-state index is 5.99. The van der Waals surface area contributed by atoms with Crippen LogP contribution in [0.15, 0.2) is 77.2 Å². The Balaban J connectivity index is 1.53. The first-order chi connectivity index (χ1) is 13.3. The zero-order valence-corrected chi connectivity index (χ0v) is 15.6. The number of furan rings is 1. The molecule has 27 heavy (non-hydrogen) atoms. The molecule has 3 nitrogen and oxygen atoms in total. The fourth-order valence-corrected chi connectivity index (χ4v) is 4.41. The molecule has 0 bridgehead atoms. The maximum Gasteiger partial charge on any atom is 0.135 e. The normalized spacial score (nSPS) is 20.2. The van der Waals surface area contributed by atoms with Crippen LogP contribution in [0.1, 0.15) is 24.4 Å². The quantitative estimate of drug-likeness (QED) is 0.524. The molecule has 1 saturated heterocycles. The molecule has 1 N–H and O–H groups in total. The second kappa shape index (κ2) is 6.75. The van der Waals surface area contributed by atoms with E-state index in [2.05, 4.69) is 77.9 Å². The maximum absolute atomic E-state index is 5.99. The Morgan fingerprint density at radius 3 is 2.56 bits per heavy atom. The molecule has 3 heteroatoms. The largest absolute Gasteiger partial charge is 0.456 e. The third-order valence-corrected chi connectivity index (χ3v) is 5.85. The fraction of sp³-hybridized carbons (Fsp3) is 0.250. The summed E-state index contributed by atoms with van der Waals surface area (Å²) in [6.07, 6.45) is 2.39. The topological polar surface area (TPSA) is 28.4 Å². The minimum atomic E-state index is 0.349. The second-order valence-corrected chi connectivity index (χ2v) is 7.44. The van der Waals surface area contributed by atoms with Crippen molar-refractivity contribution in [2.75, 3.05) is 18.5 Å². The fourth-order valence-electron chi connectivity index (χ4n) is 4.41. The van der Waals surface area contributed by atoms with Gasteiger partial charge in [0.1, 0.15) is 11.2 Å². The van der Waals surface area contributed by atoms with Crippen molar-refractivity contribution in [2.24, 2.45) is 0 Å². The van der Waals surface area contributed by atoms with E-state index in [4.69, 9.17) is 4.42 Å². The summed E-state index contributed by atoms with van der Waals surface area (Å²) in [6, 6.07) is 26.4. The highest BCUT2D eigenvalue weighted by atomic mass is 16.3. The molecule has 5 rings (SSSR count). The monoisotopic (exact) mass is 356 g/mol. The lowest BCUT2D eigenvalue weighted by atomic mass is 9.91. The lowest BCUT2D eigenvalue weighted by Gasteiger charge is -2.40. The molecule has 1 aliphatic rings. The summed E-state index contributed by atoms with van der Waals surface area (Å²) in [4.78, 5) is 2.44. The molecule has 0 saturated carbocycles. The third-order valence-electron chi connectivity index (χ3n) is 5.85. The van der Waals surface area contributed by atoms with Gasteiger partial charge in [0.25, 0.3) is 0 Å². The highest BCUT2D eigenvalue weighted by molar-refractivity contribution is 6.05. The van der Waals surface area contributed by atoms with Gasteiger partial charge in [-0.3, -0.25) is 0 Å². The van der Waals surface area contributed by atoms with Crippen LogP contribution in [-0.2, 0) is 0 Å². The van der Waals surface area contributed by atoms with E-state index in [1.165, 1.54) is 34.9 Å². The highest BCUT2D eigenvalue weighted by Crippen LogP contribution is 2.34. The molecule has 0 spiro atoms. The predicted octanol–water partition coefficient (Wildman–Crippen LogP) is 5.52. The number of piperidine rings is 1. The first-order valence-electron chi connectivity index (χ1n) is 9.74. The molecule has 3 aromatic carbocycles. The number of nitrogens with zero attached hydrogens (tertiary/aromatic N) is 1. The van der Waals surface area contributed by atoms with Crippen molar-refractivity contribution >= 4 is 27.6 Å². The van der Waals surface area contributed by atoms with Crippen molar-refractivity contribution < 1.29 is 4.42 Å². The van der Waals surface area contributed by atoms with Crippen LogP contribution in [0.25, 0.3) is 21.9 Å². The standard InChI is InChI=1S/C24H24N2O/c1-26(21-11-7-15-25-24(21)17-8-3-2-4-9-17)18-13-14-23-20(16-18)19-10-5-6-12-22(19)27-23/h2-6,8-10,12-14,16,21,24-25H,7,11,15H2,1H3. The zero-order chi connectivity index (χ0) is 18.2. The van der Waals surface area contributed by atoms with Crippen LogP contribution < -0.4 is 10.2 Å². The molecule has 1 aromatic heterocycles. The molecule has 0 amide bonds. The number of hydrogen-bond acceptors (Lipinski definition) is 3. The van der Waals surface area contributed by atoms with Gasteiger partial charge in [0.2, 0.25) is 0 Å². The van der Waals surface area contributed by atoms with Crippen molar-refractivity contribution in [3.05, 3.63) is 78.4 Å². The van der Waals surface area contributed by atoms with Crippen LogP contribution in [0, 0.1) is 0 Å². The van der Waals surface area contributed by atoms with Crippen LogP contribution >= 0.6 is 0 Å². The Morgan fingerprint density at radius 1 is 0.889 bits per heavy atom. The van der Waals surface area contributed by atoms with E-state index < -0.39 is 0 Å². The smallest absolute Gasteiger partial charge is 0.135 e. The van der Waals surface area contributed by atoms with Crippen molar-refractivity contribution in [3.8, 4) is 0 Å². The Morgan fingerprint density at radius 2 is 1.67 bits per heavy atom. The number of nitrogens with one attached hydrogen (secondary N) is 1. The molecule has 1 aliphatic heterocycles. The summed E-state index contributed by atoms with van der Waals surface area (Å²) in [5, 5.41) is 6.11. The predicted molar refractivity (Wildman–Crippen MR) is 112 cm³/mol. The van der Waals surface area contributed by atoms with Crippen LogP contribution in [0.3, 0.4) is 0 Å². The molecule has 2 atom stereocenters. The van der Waals surface area contributed by atoms with Gasteiger partial charge in [-0.05, 0) is 49.2 Å². The van der Waals surface area contributed by atoms with Crippen LogP contribution in [0.4, 0.5) is 5.69 Å². The second-order valence-electron chi connectivity index (χ2n) is 7.44. The van der Waals surface area contributed by atoms with Gasteiger partial charge < -0.3 is 14.6 Å². The number of rotatable bonds is 3. The van der Waals surface area contributed by atoms with Gasteiger partial charge >= 0.3 is 0 Å². The number of fused-ring (bicyclic) bond motifs is 3. The number of anilines is 1. The van der Waals surface area contributed by atoms with E-state index in [0.717, 1.165) is 17.7 Å². The number of likely N-dealkylation sites (N-methyl/N-ethyl adjacent to an activating group) is 1. The molecule has 4 aromatic rings. The summed E-state index contributed by atoms with van der Waals surface area (Å²) in [6.45, 7) is 1.08. The average molecular weight is 356 g/mol. The lowest BCUT2D eigenvalue weighted by molar-refractivity contribution is 0.348. The van der Waals surface area contributed by atoms with Gasteiger partial charge in [-0.25, -0.2) is 0 Å². The van der Waals surface area contributed by atoms with E-state index in [-0.39, 0.29) is 0 Å². The number of hydrogen-bond donors (Lipinski definition) is 1. The molecule has 1 fully saturated rings. The Bertz CT molecular complexity index is 1070. The van der Waals surface area contributed by atoms with Crippen molar-refractivity contribution in [2.45, 2.75) is 24.9 Å². The van der Waals surface area contributed by atoms with E-state index >= 15 is 0 Å². The molecular weight excluding hydrogens is 332 g/mol. The van der Waals surface area contributed by atoms with E-state index in [9.17, 15) is 0 Å². The minimum absolute atomic E-state index is 0.349. The van der Waals surface area contributed by atoms with Gasteiger partial charge in [-0.1, -0.05) is 48.5 Å². The molecular formula is C24H24N2O. The van der Waals surface area contributed by atoms with Gasteiger partial charge in [-0.15, -0.1) is 0 Å². The van der Waals surface area contributed by atoms with E-state index in [0.29, 0.717) is 12.1 Å². The molecule has 2 heterocycles. The number of benzene rings is 3.